The molecular weight excluding hydrogens is 503 g/mol. The summed E-state index contributed by atoms with van der Waals surface area (Å²) in [6.07, 6.45) is 0. The van der Waals surface area contributed by atoms with Crippen LogP contribution in [0, 0.1) is 3.57 Å². The summed E-state index contributed by atoms with van der Waals surface area (Å²) in [5.74, 6) is 2.16. The number of ether oxygens (including phenoxy) is 2. The predicted octanol–water partition coefficient (Wildman–Crippen LogP) is 4.22. The maximum atomic E-state index is 12.2. The van der Waals surface area contributed by atoms with Gasteiger partial charge in [-0.1, -0.05) is 23.9 Å². The maximum Gasteiger partial charge on any atom is 0.234 e. The average molecular weight is 524 g/mol. The molecule has 0 saturated carbocycles. The maximum absolute atomic E-state index is 12.2. The van der Waals surface area contributed by atoms with Crippen LogP contribution in [0.15, 0.2) is 53.7 Å². The Balaban J connectivity index is 1.58. The van der Waals surface area contributed by atoms with Crippen LogP contribution < -0.4 is 14.8 Å². The highest BCUT2D eigenvalue weighted by atomic mass is 127. The summed E-state index contributed by atoms with van der Waals surface area (Å²) in [6, 6.07) is 15.1. The van der Waals surface area contributed by atoms with E-state index in [0.717, 1.165) is 9.26 Å². The van der Waals surface area contributed by atoms with Gasteiger partial charge in [-0.25, -0.2) is 0 Å². The van der Waals surface area contributed by atoms with Gasteiger partial charge in [0.25, 0.3) is 0 Å². The lowest BCUT2D eigenvalue weighted by molar-refractivity contribution is -0.113. The number of rotatable bonds is 9. The number of nitrogens with one attached hydrogen (secondary N) is 1. The molecule has 0 aliphatic carbocycles. The lowest BCUT2D eigenvalue weighted by atomic mass is 10.3. The van der Waals surface area contributed by atoms with E-state index in [1.165, 1.54) is 11.8 Å². The second-order valence-electron chi connectivity index (χ2n) is 5.93. The standard InChI is InChI=1S/C20H21IN4O3S/c1-3-25-18(12-28-17-7-5-4-6-16(17)27-2)23-24-20(25)29-13-19(26)22-15-10-8-14(21)9-11-15/h4-11H,3,12-13H2,1-2H3,(H,22,26). The Morgan fingerprint density at radius 3 is 2.55 bits per heavy atom. The van der Waals surface area contributed by atoms with Crippen molar-refractivity contribution in [3.63, 3.8) is 0 Å². The molecule has 0 aliphatic heterocycles. The van der Waals surface area contributed by atoms with E-state index < -0.39 is 0 Å². The third kappa shape index (κ3) is 5.86. The number of thioether (sulfide) groups is 1. The van der Waals surface area contributed by atoms with Crippen molar-refractivity contribution in [2.75, 3.05) is 18.2 Å². The molecule has 7 nitrogen and oxygen atoms in total. The number of carbonyl (C=O) groups excluding carboxylic acids is 1. The fourth-order valence-electron chi connectivity index (χ4n) is 2.59. The number of anilines is 1. The second-order valence-corrected chi connectivity index (χ2v) is 8.11. The van der Waals surface area contributed by atoms with Gasteiger partial charge >= 0.3 is 0 Å². The van der Waals surface area contributed by atoms with Crippen LogP contribution in [0.1, 0.15) is 12.7 Å². The number of hydrogen-bond donors (Lipinski definition) is 1. The Hall–Kier alpha value is -2.27. The molecule has 2 aromatic carbocycles. The van der Waals surface area contributed by atoms with Crippen LogP contribution in [0.5, 0.6) is 11.5 Å². The van der Waals surface area contributed by atoms with E-state index in [1.807, 2.05) is 60.0 Å². The molecule has 0 radical (unpaired) electrons. The van der Waals surface area contributed by atoms with Crippen LogP contribution in [0.4, 0.5) is 5.69 Å². The summed E-state index contributed by atoms with van der Waals surface area (Å²) >= 11 is 3.57. The third-order valence-electron chi connectivity index (χ3n) is 4.00. The van der Waals surface area contributed by atoms with Gasteiger partial charge in [-0.15, -0.1) is 10.2 Å². The van der Waals surface area contributed by atoms with Gasteiger partial charge in [0.2, 0.25) is 5.91 Å². The molecule has 0 spiro atoms. The Labute approximate surface area is 187 Å². The van der Waals surface area contributed by atoms with Crippen molar-refractivity contribution in [3.05, 3.63) is 57.9 Å². The molecule has 0 atom stereocenters. The van der Waals surface area contributed by atoms with Crippen LogP contribution in [-0.2, 0) is 17.9 Å². The topological polar surface area (TPSA) is 78.3 Å². The monoisotopic (exact) mass is 524 g/mol. The SMILES string of the molecule is CCn1c(COc2ccccc2OC)nnc1SCC(=O)Nc1ccc(I)cc1. The quantitative estimate of drug-likeness (QED) is 0.334. The van der Waals surface area contributed by atoms with Crippen molar-refractivity contribution in [1.82, 2.24) is 14.8 Å². The minimum absolute atomic E-state index is 0.0892. The number of halogens is 1. The summed E-state index contributed by atoms with van der Waals surface area (Å²) < 4.78 is 14.2. The van der Waals surface area contributed by atoms with E-state index in [-0.39, 0.29) is 18.3 Å². The van der Waals surface area contributed by atoms with Gasteiger partial charge in [0, 0.05) is 15.8 Å². The first-order valence-corrected chi connectivity index (χ1v) is 11.0. The Morgan fingerprint density at radius 2 is 1.86 bits per heavy atom. The highest BCUT2D eigenvalue weighted by Crippen LogP contribution is 2.27. The second kappa shape index (κ2) is 10.5. The molecule has 152 valence electrons. The smallest absolute Gasteiger partial charge is 0.234 e. The van der Waals surface area contributed by atoms with Gasteiger partial charge in [0.15, 0.2) is 22.5 Å². The molecule has 0 aliphatic rings. The largest absolute Gasteiger partial charge is 0.493 e. The number of nitrogens with zero attached hydrogens (tertiary/aromatic N) is 3. The number of benzene rings is 2. The normalized spacial score (nSPS) is 10.6. The molecule has 9 heteroatoms. The molecule has 0 unspecified atom stereocenters. The first-order valence-electron chi connectivity index (χ1n) is 8.96. The minimum Gasteiger partial charge on any atom is -0.493 e. The number of amides is 1. The zero-order valence-corrected chi connectivity index (χ0v) is 19.1. The molecular formula is C20H21IN4O3S. The number of methoxy groups -OCH3 is 1. The summed E-state index contributed by atoms with van der Waals surface area (Å²) in [5, 5.41) is 12.0. The molecule has 1 heterocycles. The van der Waals surface area contributed by atoms with Crippen LogP contribution in [-0.4, -0.2) is 33.5 Å². The summed E-state index contributed by atoms with van der Waals surface area (Å²) in [6.45, 7) is 2.95. The molecule has 29 heavy (non-hydrogen) atoms. The molecule has 0 bridgehead atoms. The van der Waals surface area contributed by atoms with Gasteiger partial charge in [-0.2, -0.15) is 0 Å². The van der Waals surface area contributed by atoms with Gasteiger partial charge in [-0.3, -0.25) is 4.79 Å². The number of para-hydroxylation sites is 2. The lowest BCUT2D eigenvalue weighted by Crippen LogP contribution is -2.15. The first-order chi connectivity index (χ1) is 14.1. The van der Waals surface area contributed by atoms with Crippen molar-refractivity contribution in [2.24, 2.45) is 0 Å². The van der Waals surface area contributed by atoms with Crippen molar-refractivity contribution < 1.29 is 14.3 Å². The van der Waals surface area contributed by atoms with E-state index in [0.29, 0.717) is 29.0 Å². The molecule has 0 fully saturated rings. The van der Waals surface area contributed by atoms with Crippen LogP contribution in [0.3, 0.4) is 0 Å². The van der Waals surface area contributed by atoms with E-state index in [2.05, 4.69) is 38.1 Å². The highest BCUT2D eigenvalue weighted by Gasteiger charge is 2.14. The number of carbonyl (C=O) groups is 1. The van der Waals surface area contributed by atoms with Crippen LogP contribution in [0.2, 0.25) is 0 Å². The Bertz CT molecular complexity index is 963. The number of aromatic nitrogens is 3. The number of hydrogen-bond acceptors (Lipinski definition) is 6. The molecule has 0 saturated heterocycles. The average Bonchev–Trinajstić information content (AvgIpc) is 3.14. The lowest BCUT2D eigenvalue weighted by Gasteiger charge is -2.11. The van der Waals surface area contributed by atoms with Gasteiger partial charge < -0.3 is 19.4 Å². The molecule has 1 aromatic heterocycles. The highest BCUT2D eigenvalue weighted by molar-refractivity contribution is 14.1. The van der Waals surface area contributed by atoms with Crippen molar-refractivity contribution in [1.29, 1.82) is 0 Å². The molecule has 3 aromatic rings. The third-order valence-corrected chi connectivity index (χ3v) is 5.68. The van der Waals surface area contributed by atoms with Crippen LogP contribution in [0.25, 0.3) is 0 Å². The fraction of sp³-hybridized carbons (Fsp3) is 0.250. The predicted molar refractivity (Wildman–Crippen MR) is 122 cm³/mol. The van der Waals surface area contributed by atoms with Crippen molar-refractivity contribution in [3.8, 4) is 11.5 Å². The molecule has 3 rings (SSSR count). The summed E-state index contributed by atoms with van der Waals surface area (Å²) in [4.78, 5) is 12.2. The van der Waals surface area contributed by atoms with E-state index >= 15 is 0 Å². The Morgan fingerprint density at radius 1 is 1.14 bits per heavy atom. The summed E-state index contributed by atoms with van der Waals surface area (Å²) in [7, 11) is 1.60. The van der Waals surface area contributed by atoms with Gasteiger partial charge in [0.05, 0.1) is 12.9 Å². The Kier molecular flexibility index (Phi) is 7.76. The van der Waals surface area contributed by atoms with Crippen molar-refractivity contribution in [2.45, 2.75) is 25.2 Å². The van der Waals surface area contributed by atoms with E-state index in [4.69, 9.17) is 9.47 Å². The minimum atomic E-state index is -0.0892. The van der Waals surface area contributed by atoms with Crippen LogP contribution >= 0.6 is 34.4 Å². The molecule has 1 amide bonds. The van der Waals surface area contributed by atoms with E-state index in [1.54, 1.807) is 7.11 Å². The summed E-state index contributed by atoms with van der Waals surface area (Å²) in [5.41, 5.74) is 0.777. The van der Waals surface area contributed by atoms with Gasteiger partial charge in [-0.05, 0) is 65.9 Å². The van der Waals surface area contributed by atoms with E-state index in [9.17, 15) is 4.79 Å². The molecule has 1 N–H and O–H groups in total. The fourth-order valence-corrected chi connectivity index (χ4v) is 3.77. The zero-order valence-electron chi connectivity index (χ0n) is 16.1. The van der Waals surface area contributed by atoms with Gasteiger partial charge in [0.1, 0.15) is 6.61 Å². The zero-order chi connectivity index (χ0) is 20.6. The first kappa shape index (κ1) is 21.4. The van der Waals surface area contributed by atoms with Crippen molar-refractivity contribution >= 4 is 45.9 Å².